The van der Waals surface area contributed by atoms with Crippen molar-refractivity contribution < 1.29 is 14.3 Å². The molecule has 138 valence electrons. The Kier molecular flexibility index (Phi) is 4.99. The molecular formula is C21H26N2O3. The molecule has 1 aromatic heterocycles. The molecule has 1 aliphatic carbocycles. The number of ether oxygens (including phenoxy) is 1. The van der Waals surface area contributed by atoms with E-state index >= 15 is 0 Å². The number of dihydropyridines is 1. The fraction of sp³-hybridized carbons (Fsp3) is 0.476. The van der Waals surface area contributed by atoms with Gasteiger partial charge in [-0.15, -0.1) is 0 Å². The van der Waals surface area contributed by atoms with E-state index in [1.54, 1.807) is 19.3 Å². The minimum atomic E-state index is -0.419. The van der Waals surface area contributed by atoms with Crippen molar-refractivity contribution >= 4 is 11.8 Å². The lowest BCUT2D eigenvalue weighted by atomic mass is 9.68. The van der Waals surface area contributed by atoms with Crippen molar-refractivity contribution in [3.05, 3.63) is 52.6 Å². The van der Waals surface area contributed by atoms with E-state index in [-0.39, 0.29) is 17.2 Å². The van der Waals surface area contributed by atoms with Crippen LogP contribution in [0.2, 0.25) is 0 Å². The quantitative estimate of drug-likeness (QED) is 0.836. The van der Waals surface area contributed by atoms with Crippen LogP contribution in [0.3, 0.4) is 0 Å². The van der Waals surface area contributed by atoms with Crippen LogP contribution in [-0.4, -0.2) is 23.3 Å². The molecule has 2 heterocycles. The standard InChI is InChI=1S/C21H26N2O3/c1-5-14-19(20(25)26-6-2)17(13-8-7-9-22-12-13)18-15(23-14)10-21(3,4)11-16(18)24/h7-9,12,17,23H,5-6,10-11H2,1-4H3/t17-/m1/s1. The molecule has 2 aliphatic rings. The first kappa shape index (κ1) is 18.4. The molecule has 0 fully saturated rings. The van der Waals surface area contributed by atoms with Gasteiger partial charge in [-0.3, -0.25) is 9.78 Å². The third-order valence-corrected chi connectivity index (χ3v) is 4.99. The van der Waals surface area contributed by atoms with Gasteiger partial charge in [0.15, 0.2) is 5.78 Å². The summed E-state index contributed by atoms with van der Waals surface area (Å²) in [7, 11) is 0. The summed E-state index contributed by atoms with van der Waals surface area (Å²) in [4.78, 5) is 30.1. The average Bonchev–Trinajstić information content (AvgIpc) is 2.59. The minimum absolute atomic E-state index is 0.0922. The summed E-state index contributed by atoms with van der Waals surface area (Å²) in [6.45, 7) is 8.30. The van der Waals surface area contributed by atoms with Crippen LogP contribution in [0, 0.1) is 5.41 Å². The first-order chi connectivity index (χ1) is 12.4. The third-order valence-electron chi connectivity index (χ3n) is 4.99. The van der Waals surface area contributed by atoms with Gasteiger partial charge in [-0.2, -0.15) is 0 Å². The van der Waals surface area contributed by atoms with Gasteiger partial charge in [0.2, 0.25) is 0 Å². The van der Waals surface area contributed by atoms with Gasteiger partial charge in [0.1, 0.15) is 0 Å². The molecule has 0 saturated heterocycles. The van der Waals surface area contributed by atoms with Gasteiger partial charge in [-0.25, -0.2) is 4.79 Å². The van der Waals surface area contributed by atoms with Gasteiger partial charge < -0.3 is 10.1 Å². The van der Waals surface area contributed by atoms with Crippen molar-refractivity contribution in [2.24, 2.45) is 5.41 Å². The molecule has 0 radical (unpaired) electrons. The van der Waals surface area contributed by atoms with Crippen LogP contribution < -0.4 is 5.32 Å². The van der Waals surface area contributed by atoms with Crippen molar-refractivity contribution in [1.29, 1.82) is 0 Å². The van der Waals surface area contributed by atoms with Gasteiger partial charge in [0, 0.05) is 41.7 Å². The molecule has 26 heavy (non-hydrogen) atoms. The molecule has 0 amide bonds. The van der Waals surface area contributed by atoms with Crippen molar-refractivity contribution in [3.63, 3.8) is 0 Å². The van der Waals surface area contributed by atoms with E-state index in [9.17, 15) is 9.59 Å². The van der Waals surface area contributed by atoms with Crippen LogP contribution >= 0.6 is 0 Å². The maximum Gasteiger partial charge on any atom is 0.336 e. The van der Waals surface area contributed by atoms with Crippen molar-refractivity contribution in [2.45, 2.75) is 52.9 Å². The number of rotatable bonds is 4. The van der Waals surface area contributed by atoms with Gasteiger partial charge in [0.05, 0.1) is 12.2 Å². The third kappa shape index (κ3) is 3.30. The SMILES string of the molecule is CCOC(=O)C1=C(CC)NC2=C(C(=O)CC(C)(C)C2)[C@H]1c1cccnc1. The molecule has 1 aliphatic heterocycles. The van der Waals surface area contributed by atoms with Crippen molar-refractivity contribution in [1.82, 2.24) is 10.3 Å². The Bertz CT molecular complexity index is 791. The maximum atomic E-state index is 13.1. The summed E-state index contributed by atoms with van der Waals surface area (Å²) >= 11 is 0. The van der Waals surface area contributed by atoms with Crippen molar-refractivity contribution in [2.75, 3.05) is 6.61 Å². The van der Waals surface area contributed by atoms with E-state index in [0.717, 1.165) is 23.4 Å². The second-order valence-electron chi connectivity index (χ2n) is 7.64. The predicted molar refractivity (Wildman–Crippen MR) is 99.1 cm³/mol. The molecule has 5 heteroatoms. The normalized spacial score (nSPS) is 22.0. The van der Waals surface area contributed by atoms with Crippen LogP contribution in [0.5, 0.6) is 0 Å². The van der Waals surface area contributed by atoms with Crippen LogP contribution in [0.15, 0.2) is 47.1 Å². The molecule has 0 unspecified atom stereocenters. The van der Waals surface area contributed by atoms with E-state index in [4.69, 9.17) is 4.74 Å². The maximum absolute atomic E-state index is 13.1. The summed E-state index contributed by atoms with van der Waals surface area (Å²) < 4.78 is 5.33. The number of aromatic nitrogens is 1. The van der Waals surface area contributed by atoms with E-state index < -0.39 is 5.92 Å². The molecule has 1 N–H and O–H groups in total. The average molecular weight is 354 g/mol. The summed E-state index contributed by atoms with van der Waals surface area (Å²) in [5, 5.41) is 3.40. The Morgan fingerprint density at radius 3 is 2.73 bits per heavy atom. The number of carbonyl (C=O) groups is 2. The number of nitrogens with zero attached hydrogens (tertiary/aromatic N) is 1. The van der Waals surface area contributed by atoms with E-state index in [1.807, 2.05) is 19.1 Å². The molecule has 0 spiro atoms. The molecule has 0 bridgehead atoms. The topological polar surface area (TPSA) is 68.3 Å². The van der Waals surface area contributed by atoms with Crippen LogP contribution in [0.4, 0.5) is 0 Å². The highest BCUT2D eigenvalue weighted by atomic mass is 16.5. The number of Topliss-reactive ketones (excluding diaryl/α,β-unsaturated/α-hetero) is 1. The van der Waals surface area contributed by atoms with Gasteiger partial charge >= 0.3 is 5.97 Å². The number of esters is 1. The van der Waals surface area contributed by atoms with Crippen LogP contribution in [0.25, 0.3) is 0 Å². The highest BCUT2D eigenvalue weighted by Crippen LogP contribution is 2.47. The molecule has 0 aromatic carbocycles. The summed E-state index contributed by atoms with van der Waals surface area (Å²) in [6.07, 6.45) is 5.35. The number of ketones is 1. The van der Waals surface area contributed by atoms with Crippen LogP contribution in [-0.2, 0) is 14.3 Å². The molecular weight excluding hydrogens is 328 g/mol. The Labute approximate surface area is 154 Å². The molecule has 1 atom stereocenters. The Balaban J connectivity index is 2.19. The lowest BCUT2D eigenvalue weighted by Crippen LogP contribution is -2.39. The zero-order valence-corrected chi connectivity index (χ0v) is 15.9. The number of pyridine rings is 1. The first-order valence-electron chi connectivity index (χ1n) is 9.21. The zero-order chi connectivity index (χ0) is 18.9. The van der Waals surface area contributed by atoms with Crippen molar-refractivity contribution in [3.8, 4) is 0 Å². The van der Waals surface area contributed by atoms with Gasteiger partial charge in [0.25, 0.3) is 0 Å². The smallest absolute Gasteiger partial charge is 0.336 e. The van der Waals surface area contributed by atoms with Gasteiger partial charge in [-0.05, 0) is 36.8 Å². The molecule has 1 aromatic rings. The highest BCUT2D eigenvalue weighted by molar-refractivity contribution is 6.04. The Morgan fingerprint density at radius 1 is 1.35 bits per heavy atom. The number of carbonyl (C=O) groups excluding carboxylic acids is 2. The lowest BCUT2D eigenvalue weighted by Gasteiger charge is -2.39. The summed E-state index contributed by atoms with van der Waals surface area (Å²) in [6, 6.07) is 3.76. The molecule has 3 rings (SSSR count). The summed E-state index contributed by atoms with van der Waals surface area (Å²) in [5.74, 6) is -0.693. The number of hydrogen-bond acceptors (Lipinski definition) is 5. The van der Waals surface area contributed by atoms with E-state index in [2.05, 4.69) is 24.1 Å². The monoisotopic (exact) mass is 354 g/mol. The molecule has 5 nitrogen and oxygen atoms in total. The second kappa shape index (κ2) is 7.06. The van der Waals surface area contributed by atoms with Gasteiger partial charge in [-0.1, -0.05) is 26.8 Å². The zero-order valence-electron chi connectivity index (χ0n) is 15.9. The fourth-order valence-electron chi connectivity index (χ4n) is 3.96. The molecule has 0 saturated carbocycles. The first-order valence-corrected chi connectivity index (χ1v) is 9.21. The lowest BCUT2D eigenvalue weighted by molar-refractivity contribution is -0.138. The highest BCUT2D eigenvalue weighted by Gasteiger charge is 2.43. The number of allylic oxidation sites excluding steroid dienone is 3. The largest absolute Gasteiger partial charge is 0.463 e. The second-order valence-corrected chi connectivity index (χ2v) is 7.64. The number of nitrogens with one attached hydrogen (secondary N) is 1. The summed E-state index contributed by atoms with van der Waals surface area (Å²) in [5.41, 5.74) is 3.75. The van der Waals surface area contributed by atoms with E-state index in [0.29, 0.717) is 30.6 Å². The predicted octanol–water partition coefficient (Wildman–Crippen LogP) is 3.64. The Morgan fingerprint density at radius 2 is 2.12 bits per heavy atom. The van der Waals surface area contributed by atoms with Crippen LogP contribution in [0.1, 0.15) is 58.4 Å². The fourth-order valence-corrected chi connectivity index (χ4v) is 3.96. The minimum Gasteiger partial charge on any atom is -0.463 e. The Hall–Kier alpha value is -2.43. The van der Waals surface area contributed by atoms with E-state index in [1.165, 1.54) is 0 Å². The number of hydrogen-bond donors (Lipinski definition) is 1.